The normalized spacial score (nSPS) is 10.6. The topological polar surface area (TPSA) is 128 Å². The molecular weight excluding hydrogens is 460 g/mol. The van der Waals surface area contributed by atoms with Gasteiger partial charge in [0.15, 0.2) is 5.82 Å². The van der Waals surface area contributed by atoms with Crippen molar-refractivity contribution < 1.29 is 14.3 Å². The quantitative estimate of drug-likeness (QED) is 0.288. The highest BCUT2D eigenvalue weighted by Crippen LogP contribution is 2.32. The third-order valence-electron chi connectivity index (χ3n) is 5.35. The lowest BCUT2D eigenvalue weighted by Crippen LogP contribution is -2.30. The number of hydrogen-bond donors (Lipinski definition) is 3. The summed E-state index contributed by atoms with van der Waals surface area (Å²) < 4.78 is 12.3. The van der Waals surface area contributed by atoms with Gasteiger partial charge >= 0.3 is 0 Å². The number of carbonyl (C=O) groups is 1. The average molecular weight is 489 g/mol. The standard InChI is InChI=1S/C25H28N8O3/c1-16-9-10-26-24(13-16)29-23-8-7-22(30-31-23)27-11-12-28-25(34)20-15-19(32-33(20)2)18-14-17(35-3)5-6-21(18)36-4/h5-10,13-15H,11-12H2,1-4H3,(H,27,30)(H,28,34)(H,26,29,31). The van der Waals surface area contributed by atoms with Crippen LogP contribution in [0.25, 0.3) is 11.3 Å². The molecule has 186 valence electrons. The van der Waals surface area contributed by atoms with E-state index in [9.17, 15) is 4.79 Å². The molecule has 36 heavy (non-hydrogen) atoms. The molecule has 0 aliphatic carbocycles. The summed E-state index contributed by atoms with van der Waals surface area (Å²) in [5.41, 5.74) is 2.88. The lowest BCUT2D eigenvalue weighted by molar-refractivity contribution is 0.0946. The summed E-state index contributed by atoms with van der Waals surface area (Å²) in [5.74, 6) is 2.97. The van der Waals surface area contributed by atoms with E-state index in [1.807, 2.05) is 43.3 Å². The molecular formula is C25H28N8O3. The lowest BCUT2D eigenvalue weighted by atomic mass is 10.1. The molecule has 4 aromatic rings. The van der Waals surface area contributed by atoms with Crippen LogP contribution in [0.4, 0.5) is 17.5 Å². The van der Waals surface area contributed by atoms with Gasteiger partial charge in [0.1, 0.15) is 28.8 Å². The molecule has 0 unspecified atom stereocenters. The second-order valence-corrected chi connectivity index (χ2v) is 7.93. The first-order chi connectivity index (χ1) is 17.5. The van der Waals surface area contributed by atoms with Crippen LogP contribution in [-0.2, 0) is 7.05 Å². The van der Waals surface area contributed by atoms with Crippen LogP contribution in [0.1, 0.15) is 16.1 Å². The number of pyridine rings is 1. The minimum atomic E-state index is -0.240. The van der Waals surface area contributed by atoms with Gasteiger partial charge < -0.3 is 25.4 Å². The third kappa shape index (κ3) is 5.87. The van der Waals surface area contributed by atoms with Crippen molar-refractivity contribution in [2.24, 2.45) is 7.05 Å². The van der Waals surface area contributed by atoms with Gasteiger partial charge in [-0.2, -0.15) is 5.10 Å². The maximum atomic E-state index is 12.7. The van der Waals surface area contributed by atoms with Crippen LogP contribution in [0.2, 0.25) is 0 Å². The Morgan fingerprint density at radius 1 is 0.944 bits per heavy atom. The highest BCUT2D eigenvalue weighted by atomic mass is 16.5. The largest absolute Gasteiger partial charge is 0.497 e. The lowest BCUT2D eigenvalue weighted by Gasteiger charge is -2.08. The van der Waals surface area contributed by atoms with E-state index in [1.165, 1.54) is 4.68 Å². The first-order valence-electron chi connectivity index (χ1n) is 11.3. The fraction of sp³-hybridized carbons (Fsp3) is 0.240. The number of anilines is 3. The van der Waals surface area contributed by atoms with Crippen LogP contribution in [-0.4, -0.2) is 58.2 Å². The molecule has 3 heterocycles. The van der Waals surface area contributed by atoms with Crippen LogP contribution < -0.4 is 25.4 Å². The van der Waals surface area contributed by atoms with Gasteiger partial charge in [-0.25, -0.2) is 4.98 Å². The van der Waals surface area contributed by atoms with Gasteiger partial charge in [0, 0.05) is 31.9 Å². The molecule has 11 nitrogen and oxygen atoms in total. The fourth-order valence-corrected chi connectivity index (χ4v) is 3.51. The minimum absolute atomic E-state index is 0.240. The second-order valence-electron chi connectivity index (χ2n) is 7.93. The highest BCUT2D eigenvalue weighted by Gasteiger charge is 2.17. The Balaban J connectivity index is 1.30. The number of ether oxygens (including phenoxy) is 2. The summed E-state index contributed by atoms with van der Waals surface area (Å²) >= 11 is 0. The average Bonchev–Trinajstić information content (AvgIpc) is 3.28. The molecule has 1 amide bonds. The fourth-order valence-electron chi connectivity index (χ4n) is 3.51. The summed E-state index contributed by atoms with van der Waals surface area (Å²) in [6, 6.07) is 14.6. The van der Waals surface area contributed by atoms with E-state index in [0.717, 1.165) is 11.1 Å². The van der Waals surface area contributed by atoms with Gasteiger partial charge in [-0.05, 0) is 61.0 Å². The molecule has 0 fully saturated rings. The number of rotatable bonds is 10. The summed E-state index contributed by atoms with van der Waals surface area (Å²) in [4.78, 5) is 17.0. The minimum Gasteiger partial charge on any atom is -0.497 e. The molecule has 0 saturated heterocycles. The second kappa shape index (κ2) is 11.2. The number of aromatic nitrogens is 5. The Morgan fingerprint density at radius 2 is 1.75 bits per heavy atom. The van der Waals surface area contributed by atoms with Gasteiger partial charge in [-0.1, -0.05) is 0 Å². The Bertz CT molecular complexity index is 1340. The molecule has 0 aliphatic rings. The maximum Gasteiger partial charge on any atom is 0.269 e. The van der Waals surface area contributed by atoms with Crippen molar-refractivity contribution in [2.75, 3.05) is 37.9 Å². The van der Waals surface area contributed by atoms with Crippen LogP contribution in [0, 0.1) is 6.92 Å². The van der Waals surface area contributed by atoms with E-state index in [2.05, 4.69) is 36.2 Å². The molecule has 0 bridgehead atoms. The van der Waals surface area contributed by atoms with Gasteiger partial charge in [-0.15, -0.1) is 10.2 Å². The Hall–Kier alpha value is -4.67. The van der Waals surface area contributed by atoms with E-state index < -0.39 is 0 Å². The molecule has 0 saturated carbocycles. The summed E-state index contributed by atoms with van der Waals surface area (Å²) in [7, 11) is 4.90. The number of hydrogen-bond acceptors (Lipinski definition) is 9. The molecule has 0 spiro atoms. The number of amides is 1. The van der Waals surface area contributed by atoms with Gasteiger partial charge in [0.05, 0.1) is 19.9 Å². The Morgan fingerprint density at radius 3 is 2.47 bits per heavy atom. The van der Waals surface area contributed by atoms with Gasteiger partial charge in [0.25, 0.3) is 5.91 Å². The smallest absolute Gasteiger partial charge is 0.269 e. The summed E-state index contributed by atoms with van der Waals surface area (Å²) in [6.45, 7) is 2.85. The van der Waals surface area contributed by atoms with Crippen LogP contribution in [0.3, 0.4) is 0 Å². The first kappa shape index (κ1) is 24.5. The molecule has 11 heteroatoms. The third-order valence-corrected chi connectivity index (χ3v) is 5.35. The van der Waals surface area contributed by atoms with Crippen LogP contribution >= 0.6 is 0 Å². The number of nitrogens with zero attached hydrogens (tertiary/aromatic N) is 5. The monoisotopic (exact) mass is 488 g/mol. The Labute approximate surface area is 208 Å². The molecule has 3 N–H and O–H groups in total. The van der Waals surface area contributed by atoms with Crippen molar-refractivity contribution in [2.45, 2.75) is 6.92 Å². The number of methoxy groups -OCH3 is 2. The van der Waals surface area contributed by atoms with E-state index in [0.29, 0.717) is 53.4 Å². The Kier molecular flexibility index (Phi) is 7.59. The summed E-state index contributed by atoms with van der Waals surface area (Å²) in [6.07, 6.45) is 1.73. The van der Waals surface area contributed by atoms with Crippen molar-refractivity contribution in [1.82, 2.24) is 30.3 Å². The first-order valence-corrected chi connectivity index (χ1v) is 11.3. The predicted octanol–water partition coefficient (Wildman–Crippen LogP) is 3.18. The summed E-state index contributed by atoms with van der Waals surface area (Å²) in [5, 5.41) is 21.9. The van der Waals surface area contributed by atoms with Crippen molar-refractivity contribution in [3.63, 3.8) is 0 Å². The van der Waals surface area contributed by atoms with E-state index in [4.69, 9.17) is 9.47 Å². The van der Waals surface area contributed by atoms with Gasteiger partial charge in [0.2, 0.25) is 0 Å². The SMILES string of the molecule is COc1ccc(OC)c(-c2cc(C(=O)NCCNc3ccc(Nc4cc(C)ccn4)nn3)n(C)n2)c1. The number of nitrogens with one attached hydrogen (secondary N) is 3. The zero-order chi connectivity index (χ0) is 25.5. The van der Waals surface area contributed by atoms with Crippen LogP contribution in [0.5, 0.6) is 11.5 Å². The van der Waals surface area contributed by atoms with Crippen molar-refractivity contribution in [3.05, 3.63) is 66.0 Å². The number of aryl methyl sites for hydroxylation is 2. The molecule has 4 rings (SSSR count). The predicted molar refractivity (Wildman–Crippen MR) is 137 cm³/mol. The van der Waals surface area contributed by atoms with E-state index in [-0.39, 0.29) is 5.91 Å². The van der Waals surface area contributed by atoms with Crippen molar-refractivity contribution >= 4 is 23.4 Å². The molecule has 1 aromatic carbocycles. The highest BCUT2D eigenvalue weighted by molar-refractivity contribution is 5.94. The number of benzene rings is 1. The van der Waals surface area contributed by atoms with Crippen molar-refractivity contribution in [1.29, 1.82) is 0 Å². The molecule has 3 aromatic heterocycles. The van der Waals surface area contributed by atoms with Gasteiger partial charge in [-0.3, -0.25) is 9.48 Å². The van der Waals surface area contributed by atoms with Crippen LogP contribution in [0.15, 0.2) is 54.7 Å². The van der Waals surface area contributed by atoms with Crippen molar-refractivity contribution in [3.8, 4) is 22.8 Å². The zero-order valence-corrected chi connectivity index (χ0v) is 20.6. The molecule has 0 atom stereocenters. The maximum absolute atomic E-state index is 12.7. The zero-order valence-electron chi connectivity index (χ0n) is 20.6. The van der Waals surface area contributed by atoms with E-state index in [1.54, 1.807) is 39.6 Å². The molecule has 0 radical (unpaired) electrons. The van der Waals surface area contributed by atoms with E-state index >= 15 is 0 Å². The number of carbonyl (C=O) groups excluding carboxylic acids is 1. The molecule has 0 aliphatic heterocycles.